The lowest BCUT2D eigenvalue weighted by Crippen LogP contribution is -2.66. The zero-order valence-corrected chi connectivity index (χ0v) is 26.8. The highest BCUT2D eigenvalue weighted by Gasteiger charge is 2.61. The quantitative estimate of drug-likeness (QED) is 0.120. The fourth-order valence-electron chi connectivity index (χ4n) is 6.13. The molecule has 0 radical (unpaired) electrons. The SMILES string of the molecule is CC1(C)S[C@@H]2[C@H](N=CN3CCCCCC3)C(=O)N2[C@H]1C(=O)[O-].CCCC[N+](CCCC)(CCCC)CCCC. The van der Waals surface area contributed by atoms with Crippen molar-refractivity contribution in [3.63, 3.8) is 0 Å². The molecule has 3 atom stereocenters. The standard InChI is InChI=1S/C16H36N.C15H23N3O3S/c1-5-9-13-17(14-10-6-2,15-11-7-3)16-12-8-4;1-15(2)11(14(20)21)18-12(19)10(13(18)22-15)16-9-17-7-5-3-4-6-8-17/h5-16H2,1-4H3;9-11,13H,3-8H2,1-2H3,(H,20,21)/q+1;/p-1/t;10-,11+,13-/m.1/s1. The van der Waals surface area contributed by atoms with Crippen molar-refractivity contribution in [1.82, 2.24) is 9.80 Å². The molecule has 39 heavy (non-hydrogen) atoms. The molecule has 3 rings (SSSR count). The third kappa shape index (κ3) is 9.65. The summed E-state index contributed by atoms with van der Waals surface area (Å²) in [5.41, 5.74) is 0. The van der Waals surface area contributed by atoms with Crippen LogP contribution in [0.2, 0.25) is 0 Å². The molecule has 0 aromatic heterocycles. The number of amides is 1. The van der Waals surface area contributed by atoms with E-state index >= 15 is 0 Å². The molecule has 3 aliphatic heterocycles. The van der Waals surface area contributed by atoms with Gasteiger partial charge < -0.3 is 24.2 Å². The number of rotatable bonds is 15. The van der Waals surface area contributed by atoms with Crippen LogP contribution in [0.1, 0.15) is 119 Å². The summed E-state index contributed by atoms with van der Waals surface area (Å²) >= 11 is 1.51. The first-order valence-corrected chi connectivity index (χ1v) is 16.9. The maximum Gasteiger partial charge on any atom is 0.252 e. The van der Waals surface area contributed by atoms with Gasteiger partial charge in [0.2, 0.25) is 0 Å². The molecule has 0 unspecified atom stereocenters. The van der Waals surface area contributed by atoms with E-state index < -0.39 is 22.8 Å². The smallest absolute Gasteiger partial charge is 0.252 e. The molecule has 3 heterocycles. The molecule has 226 valence electrons. The van der Waals surface area contributed by atoms with E-state index in [9.17, 15) is 14.7 Å². The summed E-state index contributed by atoms with van der Waals surface area (Å²) in [4.78, 5) is 31.7. The van der Waals surface area contributed by atoms with Gasteiger partial charge in [0.1, 0.15) is 5.37 Å². The molecule has 8 heteroatoms. The van der Waals surface area contributed by atoms with Crippen molar-refractivity contribution >= 4 is 30.0 Å². The Balaban J connectivity index is 0.000000285. The Morgan fingerprint density at radius 1 is 0.923 bits per heavy atom. The first kappa shape index (κ1) is 33.9. The minimum Gasteiger partial charge on any atom is -0.548 e. The second-order valence-electron chi connectivity index (χ2n) is 12.4. The minimum absolute atomic E-state index is 0.173. The molecule has 3 aliphatic rings. The fourth-order valence-corrected chi connectivity index (χ4v) is 7.75. The van der Waals surface area contributed by atoms with Gasteiger partial charge in [0.15, 0.2) is 6.04 Å². The number of unbranched alkanes of at least 4 members (excludes halogenated alkanes) is 4. The van der Waals surface area contributed by atoms with Crippen LogP contribution in [0.3, 0.4) is 0 Å². The molecule has 0 spiro atoms. The number of β-lactam (4-membered cyclic amide) rings is 1. The topological polar surface area (TPSA) is 76.0 Å². The van der Waals surface area contributed by atoms with Crippen LogP contribution in [0.25, 0.3) is 0 Å². The Hall–Kier alpha value is -1.28. The van der Waals surface area contributed by atoms with E-state index in [1.807, 2.05) is 13.8 Å². The van der Waals surface area contributed by atoms with E-state index in [0.29, 0.717) is 0 Å². The highest BCUT2D eigenvalue weighted by Crippen LogP contribution is 2.51. The summed E-state index contributed by atoms with van der Waals surface area (Å²) in [7, 11) is 0. The third-order valence-electron chi connectivity index (χ3n) is 8.61. The number of likely N-dealkylation sites (tertiary alicyclic amines) is 1. The Bertz CT molecular complexity index is 729. The number of thioether (sulfide) groups is 1. The number of fused-ring (bicyclic) bond motifs is 1. The number of carbonyl (C=O) groups is 2. The molecule has 7 nitrogen and oxygen atoms in total. The second kappa shape index (κ2) is 16.9. The summed E-state index contributed by atoms with van der Waals surface area (Å²) in [5.74, 6) is -1.37. The van der Waals surface area contributed by atoms with Crippen molar-refractivity contribution in [2.45, 2.75) is 141 Å². The highest BCUT2D eigenvalue weighted by atomic mass is 32.2. The van der Waals surface area contributed by atoms with Gasteiger partial charge in [0, 0.05) is 17.8 Å². The van der Waals surface area contributed by atoms with Crippen LogP contribution in [0, 0.1) is 0 Å². The van der Waals surface area contributed by atoms with Crippen molar-refractivity contribution in [1.29, 1.82) is 0 Å². The van der Waals surface area contributed by atoms with Gasteiger partial charge in [-0.05, 0) is 52.4 Å². The van der Waals surface area contributed by atoms with Crippen LogP contribution in [-0.4, -0.2) is 94.0 Å². The van der Waals surface area contributed by atoms with E-state index in [2.05, 4.69) is 37.6 Å². The summed E-state index contributed by atoms with van der Waals surface area (Å²) in [6, 6.07) is -1.31. The van der Waals surface area contributed by atoms with Gasteiger partial charge in [-0.2, -0.15) is 0 Å². The number of nitrogens with zero attached hydrogens (tertiary/aromatic N) is 4. The fraction of sp³-hybridized carbons (Fsp3) is 0.903. The number of quaternary nitrogens is 1. The lowest BCUT2D eigenvalue weighted by molar-refractivity contribution is -0.929. The number of aliphatic carboxylic acids is 1. The van der Waals surface area contributed by atoms with E-state index in [1.54, 1.807) is 6.34 Å². The lowest BCUT2D eigenvalue weighted by atomic mass is 9.96. The molecule has 0 aromatic rings. The second-order valence-corrected chi connectivity index (χ2v) is 14.2. The van der Waals surface area contributed by atoms with Crippen LogP contribution in [-0.2, 0) is 9.59 Å². The number of hydrogen-bond acceptors (Lipinski definition) is 5. The number of hydrogen-bond donors (Lipinski definition) is 0. The third-order valence-corrected chi connectivity index (χ3v) is 10.2. The zero-order valence-electron chi connectivity index (χ0n) is 26.0. The van der Waals surface area contributed by atoms with E-state index in [0.717, 1.165) is 25.9 Å². The predicted octanol–water partition coefficient (Wildman–Crippen LogP) is 5.08. The average molecular weight is 567 g/mol. The van der Waals surface area contributed by atoms with Gasteiger partial charge in [-0.3, -0.25) is 9.79 Å². The number of carboxylic acid groups (broad SMARTS) is 1. The Kier molecular flexibility index (Phi) is 14.7. The van der Waals surface area contributed by atoms with E-state index in [4.69, 9.17) is 0 Å². The maximum absolute atomic E-state index is 12.3. The number of carbonyl (C=O) groups excluding carboxylic acids is 2. The van der Waals surface area contributed by atoms with E-state index in [-0.39, 0.29) is 11.3 Å². The Labute approximate surface area is 243 Å². The lowest BCUT2D eigenvalue weighted by Gasteiger charge is -2.43. The van der Waals surface area contributed by atoms with Crippen LogP contribution in [0.4, 0.5) is 0 Å². The molecule has 3 fully saturated rings. The Morgan fingerprint density at radius 3 is 1.79 bits per heavy atom. The minimum atomic E-state index is -1.18. The number of aliphatic imine (C=N–C) groups is 1. The van der Waals surface area contributed by atoms with Crippen LogP contribution >= 0.6 is 11.8 Å². The summed E-state index contributed by atoms with van der Waals surface area (Å²) in [5, 5.41) is 11.2. The molecule has 0 aliphatic carbocycles. The van der Waals surface area contributed by atoms with Crippen molar-refractivity contribution in [3.05, 3.63) is 0 Å². The van der Waals surface area contributed by atoms with Crippen LogP contribution < -0.4 is 5.11 Å². The van der Waals surface area contributed by atoms with Gasteiger partial charge in [0.25, 0.3) is 5.91 Å². The molecule has 0 bridgehead atoms. The van der Waals surface area contributed by atoms with Gasteiger partial charge in [-0.25, -0.2) is 0 Å². The van der Waals surface area contributed by atoms with E-state index in [1.165, 1.54) is 112 Å². The summed E-state index contributed by atoms with van der Waals surface area (Å²) < 4.78 is 0.884. The van der Waals surface area contributed by atoms with Gasteiger partial charge >= 0.3 is 0 Å². The van der Waals surface area contributed by atoms with Gasteiger partial charge in [-0.15, -0.1) is 11.8 Å². The van der Waals surface area contributed by atoms with Gasteiger partial charge in [-0.1, -0.05) is 66.2 Å². The molecule has 3 saturated heterocycles. The highest BCUT2D eigenvalue weighted by molar-refractivity contribution is 8.01. The molecule has 0 saturated carbocycles. The van der Waals surface area contributed by atoms with Crippen molar-refractivity contribution < 1.29 is 19.2 Å². The average Bonchev–Trinajstić information content (AvgIpc) is 3.04. The van der Waals surface area contributed by atoms with Crippen molar-refractivity contribution in [2.75, 3.05) is 39.3 Å². The monoisotopic (exact) mass is 566 g/mol. The van der Waals surface area contributed by atoms with Gasteiger partial charge in [0.05, 0.1) is 44.5 Å². The molecular weight excluding hydrogens is 508 g/mol. The van der Waals surface area contributed by atoms with Crippen LogP contribution in [0.15, 0.2) is 4.99 Å². The largest absolute Gasteiger partial charge is 0.548 e. The first-order chi connectivity index (χ1) is 18.7. The summed E-state index contributed by atoms with van der Waals surface area (Å²) in [6.45, 7) is 20.7. The normalized spacial score (nSPS) is 24.7. The molecule has 0 aromatic carbocycles. The maximum atomic E-state index is 12.3. The van der Waals surface area contributed by atoms with Crippen LogP contribution in [0.5, 0.6) is 0 Å². The number of carboxylic acids is 1. The first-order valence-electron chi connectivity index (χ1n) is 16.0. The van der Waals surface area contributed by atoms with Crippen molar-refractivity contribution in [3.8, 4) is 0 Å². The summed E-state index contributed by atoms with van der Waals surface area (Å²) in [6.07, 6.45) is 17.7. The predicted molar refractivity (Wildman–Crippen MR) is 163 cm³/mol. The molecule has 1 amide bonds. The molecular formula is C31H58N4O3S. The zero-order chi connectivity index (χ0) is 28.9. The van der Waals surface area contributed by atoms with Crippen molar-refractivity contribution in [2.24, 2.45) is 4.99 Å². The Morgan fingerprint density at radius 2 is 1.38 bits per heavy atom. The molecule has 0 N–H and O–H groups in total.